The molecule has 1 N–H and O–H groups in total. The van der Waals surface area contributed by atoms with Gasteiger partial charge < -0.3 is 10.1 Å². The highest BCUT2D eigenvalue weighted by Gasteiger charge is 2.57. The zero-order chi connectivity index (χ0) is 27.8. The van der Waals surface area contributed by atoms with Gasteiger partial charge in [-0.1, -0.05) is 77.8 Å². The molecule has 4 aliphatic rings. The van der Waals surface area contributed by atoms with Gasteiger partial charge in [0.2, 0.25) is 5.91 Å². The zero-order valence-corrected chi connectivity index (χ0v) is 25.6. The molecule has 0 saturated heterocycles. The summed E-state index contributed by atoms with van der Waals surface area (Å²) < 4.78 is 6.51. The summed E-state index contributed by atoms with van der Waals surface area (Å²) in [6, 6.07) is 9.85. The van der Waals surface area contributed by atoms with Crippen LogP contribution in [0.25, 0.3) is 0 Å². The summed E-state index contributed by atoms with van der Waals surface area (Å²) in [7, 11) is 0. The lowest BCUT2D eigenvalue weighted by molar-refractivity contribution is -0.123. The number of ether oxygens (including phenoxy) is 1. The van der Waals surface area contributed by atoms with Crippen molar-refractivity contribution in [2.24, 2.45) is 34.0 Å². The van der Waals surface area contributed by atoms with E-state index in [1.54, 1.807) is 16.7 Å². The molecular weight excluding hydrogens is 478 g/mol. The van der Waals surface area contributed by atoms with Gasteiger partial charge in [0.05, 0.1) is 6.10 Å². The van der Waals surface area contributed by atoms with Gasteiger partial charge in [0.25, 0.3) is 0 Å². The van der Waals surface area contributed by atoms with Crippen LogP contribution < -0.4 is 5.32 Å². The van der Waals surface area contributed by atoms with Crippen molar-refractivity contribution >= 4 is 11.6 Å². The van der Waals surface area contributed by atoms with Crippen LogP contribution in [0.5, 0.6) is 0 Å². The lowest BCUT2D eigenvalue weighted by Crippen LogP contribution is -2.53. The van der Waals surface area contributed by atoms with Crippen LogP contribution in [0.1, 0.15) is 112 Å². The van der Waals surface area contributed by atoms with Gasteiger partial charge in [-0.25, -0.2) is 0 Å². The van der Waals surface area contributed by atoms with Crippen molar-refractivity contribution in [1.29, 1.82) is 0 Å². The molecule has 1 saturated carbocycles. The minimum absolute atomic E-state index is 0.140. The molecule has 0 bridgehead atoms. The topological polar surface area (TPSA) is 38.3 Å². The first-order valence-corrected chi connectivity index (χ1v) is 16.0. The highest BCUT2D eigenvalue weighted by atomic mass is 16.5. The van der Waals surface area contributed by atoms with Crippen molar-refractivity contribution in [3.05, 3.63) is 53.1 Å². The Morgan fingerprint density at radius 2 is 1.82 bits per heavy atom. The normalized spacial score (nSPS) is 34.0. The molecule has 5 rings (SSSR count). The quantitative estimate of drug-likeness (QED) is 0.322. The van der Waals surface area contributed by atoms with E-state index < -0.39 is 0 Å². The predicted molar refractivity (Wildman–Crippen MR) is 163 cm³/mol. The molecule has 0 aliphatic heterocycles. The third kappa shape index (κ3) is 5.18. The molecule has 0 spiro atoms. The number of benzene rings is 1. The molecule has 1 aromatic rings. The maximum absolute atomic E-state index is 12.7. The molecule has 4 aliphatic carbocycles. The van der Waals surface area contributed by atoms with Crippen LogP contribution in [0.15, 0.2) is 53.1 Å². The maximum atomic E-state index is 12.7. The second kappa shape index (κ2) is 11.2. The minimum atomic E-state index is 0.140. The average molecular weight is 532 g/mol. The number of nitrogens with one attached hydrogen (secondary N) is 1. The molecular formula is C36H53NO2. The summed E-state index contributed by atoms with van der Waals surface area (Å²) in [4.78, 5) is 12.7. The Morgan fingerprint density at radius 1 is 1.05 bits per heavy atom. The Balaban J connectivity index is 1.27. The van der Waals surface area contributed by atoms with E-state index in [9.17, 15) is 4.79 Å². The van der Waals surface area contributed by atoms with Crippen molar-refractivity contribution in [2.75, 3.05) is 11.9 Å². The van der Waals surface area contributed by atoms with Gasteiger partial charge in [0.1, 0.15) is 0 Å². The summed E-state index contributed by atoms with van der Waals surface area (Å²) in [5.74, 6) is 2.01. The summed E-state index contributed by atoms with van der Waals surface area (Å²) in [5, 5.41) is 3.08. The van der Waals surface area contributed by atoms with E-state index in [1.165, 1.54) is 57.8 Å². The van der Waals surface area contributed by atoms with E-state index in [1.807, 2.05) is 30.3 Å². The van der Waals surface area contributed by atoms with Crippen molar-refractivity contribution in [1.82, 2.24) is 0 Å². The number of fused-ring (bicyclic) bond motifs is 4. The number of anilines is 1. The van der Waals surface area contributed by atoms with Crippen LogP contribution in [0.4, 0.5) is 5.69 Å². The van der Waals surface area contributed by atoms with Crippen LogP contribution >= 0.6 is 0 Å². The highest BCUT2D eigenvalue weighted by Crippen LogP contribution is 2.67. The van der Waals surface area contributed by atoms with Gasteiger partial charge in [0, 0.05) is 18.7 Å². The molecule has 1 fully saturated rings. The lowest BCUT2D eigenvalue weighted by atomic mass is 9.46. The number of carbonyl (C=O) groups is 1. The number of unbranched alkanes of at least 4 members (excludes halogenated alkanes) is 1. The molecule has 0 heterocycles. The number of hydrogen-bond donors (Lipinski definition) is 1. The molecule has 3 nitrogen and oxygen atoms in total. The molecule has 0 unspecified atom stereocenters. The second-order valence-electron chi connectivity index (χ2n) is 14.3. The van der Waals surface area contributed by atoms with E-state index >= 15 is 0 Å². The third-order valence-corrected chi connectivity index (χ3v) is 11.8. The minimum Gasteiger partial charge on any atom is -0.378 e. The van der Waals surface area contributed by atoms with E-state index in [2.05, 4.69) is 52.9 Å². The Bertz CT molecular complexity index is 1100. The first-order valence-electron chi connectivity index (χ1n) is 16.0. The second-order valence-corrected chi connectivity index (χ2v) is 14.3. The van der Waals surface area contributed by atoms with Gasteiger partial charge in [-0.15, -0.1) is 0 Å². The van der Waals surface area contributed by atoms with Crippen LogP contribution in [-0.2, 0) is 9.53 Å². The van der Waals surface area contributed by atoms with Gasteiger partial charge in [-0.2, -0.15) is 0 Å². The molecule has 3 heteroatoms. The summed E-state index contributed by atoms with van der Waals surface area (Å²) in [6.07, 6.45) is 15.6. The molecule has 39 heavy (non-hydrogen) atoms. The molecule has 214 valence electrons. The fraction of sp³-hybridized carbons (Fsp3) is 0.694. The lowest BCUT2D eigenvalue weighted by Gasteiger charge is -2.60. The van der Waals surface area contributed by atoms with Crippen molar-refractivity contribution in [3.63, 3.8) is 0 Å². The monoisotopic (exact) mass is 531 g/mol. The maximum Gasteiger partial charge on any atom is 0.224 e. The molecule has 1 aromatic carbocycles. The van der Waals surface area contributed by atoms with E-state index in [0.29, 0.717) is 35.7 Å². The van der Waals surface area contributed by atoms with Gasteiger partial charge in [-0.05, 0) is 115 Å². The Hall–Kier alpha value is -1.87. The molecule has 6 atom stereocenters. The number of para-hydroxylation sites is 1. The van der Waals surface area contributed by atoms with Crippen molar-refractivity contribution in [2.45, 2.75) is 118 Å². The van der Waals surface area contributed by atoms with Crippen LogP contribution in [0.2, 0.25) is 0 Å². The average Bonchev–Trinajstić information content (AvgIpc) is 3.26. The zero-order valence-electron chi connectivity index (χ0n) is 25.6. The van der Waals surface area contributed by atoms with Gasteiger partial charge >= 0.3 is 0 Å². The standard InChI is InChI=1S/C36H53NO2/c1-7-8-24-39-32-21-23-36(6)30-20-22-35(5)28(16-17-29(35)27(30)15-18-31(36)34(32,3)4)25(2)14-19-33(38)37-26-12-10-9-11-13-26/h9-13,17,25,28,31-32H,7-8,14-16,18-24H2,1-6H3,(H,37,38)/t25-,28-,31+,32+,35-,36-/m1/s1. The Kier molecular flexibility index (Phi) is 8.22. The first-order chi connectivity index (χ1) is 18.6. The highest BCUT2D eigenvalue weighted by molar-refractivity contribution is 5.90. The summed E-state index contributed by atoms with van der Waals surface area (Å²) >= 11 is 0. The Morgan fingerprint density at radius 3 is 2.56 bits per heavy atom. The van der Waals surface area contributed by atoms with E-state index in [4.69, 9.17) is 4.74 Å². The summed E-state index contributed by atoms with van der Waals surface area (Å²) in [5.41, 5.74) is 6.91. The Labute approximate surface area is 238 Å². The number of rotatable bonds is 9. The van der Waals surface area contributed by atoms with Crippen molar-refractivity contribution in [3.8, 4) is 0 Å². The fourth-order valence-electron chi connectivity index (χ4n) is 9.54. The fourth-order valence-corrected chi connectivity index (χ4v) is 9.54. The van der Waals surface area contributed by atoms with Crippen molar-refractivity contribution < 1.29 is 9.53 Å². The van der Waals surface area contributed by atoms with Gasteiger partial charge in [-0.3, -0.25) is 4.79 Å². The largest absolute Gasteiger partial charge is 0.378 e. The van der Waals surface area contributed by atoms with Crippen LogP contribution in [0.3, 0.4) is 0 Å². The number of hydrogen-bond acceptors (Lipinski definition) is 2. The van der Waals surface area contributed by atoms with Crippen LogP contribution in [-0.4, -0.2) is 18.6 Å². The number of amides is 1. The third-order valence-electron chi connectivity index (χ3n) is 11.8. The van der Waals surface area contributed by atoms with Crippen LogP contribution in [0, 0.1) is 34.0 Å². The van der Waals surface area contributed by atoms with E-state index in [0.717, 1.165) is 18.7 Å². The number of allylic oxidation sites excluding steroid dienone is 4. The SMILES string of the molecule is CCCCO[C@H]1CC[C@]2(C)C3=C(CC[C@H]2C1(C)C)C1=CC[C@H]([C@H](C)CCC(=O)Nc2ccccc2)[C@@]1(C)CC3. The summed E-state index contributed by atoms with van der Waals surface area (Å²) in [6.45, 7) is 15.7. The van der Waals surface area contributed by atoms with Gasteiger partial charge in [0.15, 0.2) is 0 Å². The molecule has 0 aromatic heterocycles. The number of carbonyl (C=O) groups excluding carboxylic acids is 1. The van der Waals surface area contributed by atoms with E-state index in [-0.39, 0.29) is 16.7 Å². The molecule has 1 amide bonds. The predicted octanol–water partition coefficient (Wildman–Crippen LogP) is 9.51. The smallest absolute Gasteiger partial charge is 0.224 e. The first kappa shape index (κ1) is 28.7. The molecule has 0 radical (unpaired) electrons.